The average molecular weight is 965 g/mol. The van der Waals surface area contributed by atoms with Crippen molar-refractivity contribution in [3.63, 3.8) is 0 Å². The van der Waals surface area contributed by atoms with Crippen LogP contribution < -0.4 is 19.6 Å². The van der Waals surface area contributed by atoms with Crippen LogP contribution in [0.5, 0.6) is 40.2 Å². The Morgan fingerprint density at radius 1 is 0.632 bits per heavy atom. The molecule has 15 atom stereocenters. The lowest BCUT2D eigenvalue weighted by Gasteiger charge is -2.45. The Morgan fingerprint density at radius 3 is 1.94 bits per heavy atom. The molecular weight excluding hydrogens is 920 g/mol. The number of ether oxygens (including phenoxy) is 8. The minimum absolute atomic E-state index is 0.113. The maximum atomic E-state index is 14.6. The van der Waals surface area contributed by atoms with Crippen molar-refractivity contribution in [2.45, 2.75) is 92.3 Å². The fraction of sp³-hybridized carbons (Fsp3) is 0.405. The van der Waals surface area contributed by atoms with E-state index in [1.807, 2.05) is 0 Å². The van der Waals surface area contributed by atoms with Crippen LogP contribution in [0.2, 0.25) is 0 Å². The Kier molecular flexibility index (Phi) is 15.0. The Bertz CT molecular complexity index is 2540. The first kappa shape index (κ1) is 49.7. The Morgan fingerprint density at radius 2 is 1.26 bits per heavy atom. The van der Waals surface area contributed by atoms with E-state index in [1.54, 1.807) is 0 Å². The van der Waals surface area contributed by atoms with Gasteiger partial charge in [0.05, 0.1) is 13.2 Å². The molecule has 0 bridgehead atoms. The van der Waals surface area contributed by atoms with Gasteiger partial charge in [0, 0.05) is 23.8 Å². The molecule has 3 aliphatic heterocycles. The molecule has 3 saturated heterocycles. The fourth-order valence-corrected chi connectivity index (χ4v) is 7.27. The van der Waals surface area contributed by atoms with E-state index < -0.39 is 174 Å². The summed E-state index contributed by atoms with van der Waals surface area (Å²) in [5.74, 6) is -6.22. The van der Waals surface area contributed by atoms with Crippen molar-refractivity contribution < 1.29 is 123 Å². The van der Waals surface area contributed by atoms with Crippen molar-refractivity contribution in [1.82, 2.24) is 0 Å². The van der Waals surface area contributed by atoms with Gasteiger partial charge < -0.3 is 109 Å². The van der Waals surface area contributed by atoms with Crippen LogP contribution >= 0.6 is 0 Å². The van der Waals surface area contributed by atoms with Gasteiger partial charge in [0.15, 0.2) is 41.2 Å². The van der Waals surface area contributed by atoms with Crippen molar-refractivity contribution in [2.24, 2.45) is 0 Å². The molecule has 3 aromatic carbocycles. The maximum absolute atomic E-state index is 14.6. The van der Waals surface area contributed by atoms with Gasteiger partial charge in [-0.25, -0.2) is 4.79 Å². The van der Waals surface area contributed by atoms with Crippen molar-refractivity contribution in [2.75, 3.05) is 13.2 Å². The van der Waals surface area contributed by atoms with Crippen LogP contribution in [0.1, 0.15) is 5.56 Å². The zero-order chi connectivity index (χ0) is 49.3. The largest absolute Gasteiger partial charge is 0.507 e. The summed E-state index contributed by atoms with van der Waals surface area (Å²) in [5.41, 5.74) is -1.83. The van der Waals surface area contributed by atoms with Crippen LogP contribution in [0, 0.1) is 0 Å². The topological polar surface area (TPSA) is 421 Å². The van der Waals surface area contributed by atoms with Crippen LogP contribution in [0.15, 0.2) is 63.8 Å². The molecule has 0 spiro atoms. The predicted octanol–water partition coefficient (Wildman–Crippen LogP) is -3.78. The molecule has 0 amide bonds. The first-order valence-corrected chi connectivity index (χ1v) is 20.1. The highest BCUT2D eigenvalue weighted by Crippen LogP contribution is 2.41. The minimum Gasteiger partial charge on any atom is -0.507 e. The molecule has 26 nitrogen and oxygen atoms in total. The van der Waals surface area contributed by atoms with Gasteiger partial charge in [-0.3, -0.25) is 14.3 Å². The average Bonchev–Trinajstić information content (AvgIpc) is 3.31. The molecule has 368 valence electrons. The molecule has 3 aliphatic rings. The van der Waals surface area contributed by atoms with E-state index in [-0.39, 0.29) is 17.6 Å². The van der Waals surface area contributed by atoms with Gasteiger partial charge in [0.2, 0.25) is 30.0 Å². The van der Waals surface area contributed by atoms with Crippen molar-refractivity contribution in [3.8, 4) is 51.6 Å². The summed E-state index contributed by atoms with van der Waals surface area (Å²) >= 11 is 0. The highest BCUT2D eigenvalue weighted by Gasteiger charge is 2.52. The van der Waals surface area contributed by atoms with Crippen LogP contribution in [0.3, 0.4) is 0 Å². The summed E-state index contributed by atoms with van der Waals surface area (Å²) in [6.07, 6.45) is -27.0. The molecule has 0 saturated carbocycles. The monoisotopic (exact) mass is 964 g/mol. The molecule has 0 aliphatic carbocycles. The second-order valence-electron chi connectivity index (χ2n) is 15.4. The molecule has 7 rings (SSSR count). The Hall–Kier alpha value is -6.21. The normalized spacial score (nSPS) is 31.9. The third-order valence-electron chi connectivity index (χ3n) is 10.9. The van der Waals surface area contributed by atoms with E-state index in [0.29, 0.717) is 0 Å². The van der Waals surface area contributed by atoms with Crippen LogP contribution in [-0.2, 0) is 33.3 Å². The lowest BCUT2D eigenvalue weighted by Crippen LogP contribution is -2.65. The second-order valence-corrected chi connectivity index (χ2v) is 15.4. The third-order valence-corrected chi connectivity index (χ3v) is 10.9. The van der Waals surface area contributed by atoms with Gasteiger partial charge in [-0.2, -0.15) is 0 Å². The number of hydrogen-bond donors (Lipinski definition) is 14. The molecule has 68 heavy (non-hydrogen) atoms. The minimum atomic E-state index is -2.14. The number of rotatable bonds is 14. The quantitative estimate of drug-likeness (QED) is 0.0190. The van der Waals surface area contributed by atoms with Crippen LogP contribution in [0.4, 0.5) is 0 Å². The highest BCUT2D eigenvalue weighted by molar-refractivity contribution is 5.90. The maximum Gasteiger partial charge on any atom is 0.336 e. The smallest absolute Gasteiger partial charge is 0.336 e. The van der Waals surface area contributed by atoms with Gasteiger partial charge in [0.25, 0.3) is 6.47 Å². The molecule has 6 unspecified atom stereocenters. The number of aliphatic hydroxyl groups is 10. The fourth-order valence-electron chi connectivity index (χ4n) is 7.27. The van der Waals surface area contributed by atoms with E-state index in [0.717, 1.165) is 48.5 Å². The number of phenols is 4. The summed E-state index contributed by atoms with van der Waals surface area (Å²) < 4.78 is 49.7. The van der Waals surface area contributed by atoms with Gasteiger partial charge >= 0.3 is 5.97 Å². The molecule has 1 aromatic heterocycles. The summed E-state index contributed by atoms with van der Waals surface area (Å²) in [6, 6.07) is 8.46. The number of hydrogen-bond acceptors (Lipinski definition) is 26. The Balaban J connectivity index is 1.31. The third kappa shape index (κ3) is 9.99. The molecule has 14 N–H and O–H groups in total. The number of aromatic hydroxyl groups is 4. The van der Waals surface area contributed by atoms with Crippen LogP contribution in [0.25, 0.3) is 28.4 Å². The molecular formula is C42H44O26. The summed E-state index contributed by atoms with van der Waals surface area (Å²) in [7, 11) is 0. The summed E-state index contributed by atoms with van der Waals surface area (Å²) in [6.45, 7) is -2.00. The zero-order valence-corrected chi connectivity index (χ0v) is 34.6. The van der Waals surface area contributed by atoms with Crippen LogP contribution in [-0.4, -0.2) is 189 Å². The zero-order valence-electron chi connectivity index (χ0n) is 34.6. The van der Waals surface area contributed by atoms with Crippen molar-refractivity contribution in [1.29, 1.82) is 0 Å². The SMILES string of the molecule is O=COC1O[C@@H](Oc2cc(O)c3c(=O)c(O[C@@H]4OC(CO)[C@@H](O)[C@H](O)C4O[C@@H]4OC(CO)[C@@H](O)[C@H](O)C4O)c(-c4ccc(O)c(OC(=O)/C=C/c5ccc(O)c(O)c5)c4)oc3c2)C(O)[C@@H](O)[C@@H]1O. The summed E-state index contributed by atoms with van der Waals surface area (Å²) in [5, 5.41) is 145. The number of esters is 1. The summed E-state index contributed by atoms with van der Waals surface area (Å²) in [4.78, 5) is 38.6. The Labute approximate surface area is 380 Å². The van der Waals surface area contributed by atoms with E-state index in [4.69, 9.17) is 37.6 Å². The first-order chi connectivity index (χ1) is 32.3. The van der Waals surface area contributed by atoms with Crippen molar-refractivity contribution in [3.05, 3.63) is 70.4 Å². The number of carbonyl (C=O) groups is 2. The van der Waals surface area contributed by atoms with E-state index in [1.165, 1.54) is 12.1 Å². The molecule has 26 heteroatoms. The molecule has 4 heterocycles. The van der Waals surface area contributed by atoms with E-state index >= 15 is 0 Å². The number of carbonyl (C=O) groups excluding carboxylic acids is 2. The predicted molar refractivity (Wildman–Crippen MR) is 217 cm³/mol. The standard InChI is InChI=1S/C42H44O26/c43-11-23-27(51)30(54)34(58)41(64-23)67-38-32(56)28(52)24(12-44)65-42(38)66-37-29(53)26-20(49)9-16(61-40-35(59)31(55)33(57)39(68-40)60-13-45)10-22(26)63-36(37)15-3-5-18(47)21(8-15)62-25(50)6-2-14-1-4-17(46)19(48)7-14/h1-10,13,23-24,27-28,30-35,38-44,46-49,51-52,54-59H,11-12H2/b6-2+/t23?,24?,27-,28-,30+,31+,32+,33+,34?,35?,38?,39?,40-,41+,42+/m1/s1. The lowest BCUT2D eigenvalue weighted by molar-refractivity contribution is -0.358. The molecule has 0 radical (unpaired) electrons. The van der Waals surface area contributed by atoms with E-state index in [2.05, 4.69) is 4.74 Å². The van der Waals surface area contributed by atoms with E-state index in [9.17, 15) is 85.9 Å². The lowest BCUT2D eigenvalue weighted by atomic mass is 9.97. The number of benzene rings is 3. The number of phenolic OH excluding ortho intramolecular Hbond substituents is 4. The molecule has 3 fully saturated rings. The second kappa shape index (κ2) is 20.6. The molecule has 4 aromatic rings. The van der Waals surface area contributed by atoms with Crippen molar-refractivity contribution >= 4 is 29.5 Å². The number of fused-ring (bicyclic) bond motifs is 1. The van der Waals surface area contributed by atoms with Gasteiger partial charge in [-0.1, -0.05) is 6.07 Å². The first-order valence-electron chi connectivity index (χ1n) is 20.1. The number of aliphatic hydroxyl groups excluding tert-OH is 10. The highest BCUT2D eigenvalue weighted by atomic mass is 16.8. The van der Waals surface area contributed by atoms with Gasteiger partial charge in [0.1, 0.15) is 83.5 Å². The van der Waals surface area contributed by atoms with Gasteiger partial charge in [-0.05, 0) is 42.0 Å². The van der Waals surface area contributed by atoms with Gasteiger partial charge in [-0.15, -0.1) is 0 Å².